The molecule has 0 atom stereocenters. The molecule has 0 fully saturated rings. The fraction of sp³-hybridized carbons (Fsp3) is 0.182. The van der Waals surface area contributed by atoms with Crippen LogP contribution in [0.25, 0.3) is 6.08 Å². The Bertz CT molecular complexity index is 371. The molecule has 16 heavy (non-hydrogen) atoms. The molecule has 0 bridgehead atoms. The molecular formula is C11H10Cl3NO. The highest BCUT2D eigenvalue weighted by Crippen LogP contribution is 2.27. The molecule has 0 aliphatic rings. The van der Waals surface area contributed by atoms with Gasteiger partial charge in [0.1, 0.15) is 6.61 Å². The monoisotopic (exact) mass is 277 g/mol. The van der Waals surface area contributed by atoms with Gasteiger partial charge in [-0.3, -0.25) is 5.41 Å². The molecule has 1 aromatic carbocycles. The van der Waals surface area contributed by atoms with Crippen LogP contribution < -0.4 is 0 Å². The normalized spacial score (nSPS) is 11.7. The number of hydrogen-bond donors (Lipinski definition) is 1. The van der Waals surface area contributed by atoms with Crippen molar-refractivity contribution >= 4 is 46.8 Å². The molecular weight excluding hydrogens is 268 g/mol. The van der Waals surface area contributed by atoms with E-state index in [9.17, 15) is 0 Å². The Morgan fingerprint density at radius 3 is 2.44 bits per heavy atom. The Morgan fingerprint density at radius 2 is 1.88 bits per heavy atom. The number of halogens is 3. The molecule has 0 amide bonds. The number of alkyl halides is 3. The molecule has 0 radical (unpaired) electrons. The van der Waals surface area contributed by atoms with E-state index in [-0.39, 0.29) is 12.5 Å². The van der Waals surface area contributed by atoms with Crippen molar-refractivity contribution in [2.24, 2.45) is 0 Å². The minimum atomic E-state index is -1.79. The van der Waals surface area contributed by atoms with E-state index >= 15 is 0 Å². The molecule has 86 valence electrons. The van der Waals surface area contributed by atoms with Gasteiger partial charge in [-0.05, 0) is 11.6 Å². The van der Waals surface area contributed by atoms with Gasteiger partial charge in [0.25, 0.3) is 3.79 Å². The lowest BCUT2D eigenvalue weighted by atomic mass is 10.2. The van der Waals surface area contributed by atoms with E-state index in [2.05, 4.69) is 0 Å². The van der Waals surface area contributed by atoms with Crippen LogP contribution in [0.5, 0.6) is 0 Å². The van der Waals surface area contributed by atoms with E-state index in [0.717, 1.165) is 5.56 Å². The summed E-state index contributed by atoms with van der Waals surface area (Å²) in [6, 6.07) is 9.72. The van der Waals surface area contributed by atoms with Crippen LogP contribution in [0.1, 0.15) is 5.56 Å². The van der Waals surface area contributed by atoms with Crippen molar-refractivity contribution in [3.8, 4) is 0 Å². The van der Waals surface area contributed by atoms with Crippen molar-refractivity contribution in [2.45, 2.75) is 3.79 Å². The van der Waals surface area contributed by atoms with Crippen molar-refractivity contribution in [1.29, 1.82) is 5.41 Å². The van der Waals surface area contributed by atoms with E-state index in [1.807, 2.05) is 36.4 Å². The Morgan fingerprint density at radius 1 is 1.25 bits per heavy atom. The summed E-state index contributed by atoms with van der Waals surface area (Å²) in [4.78, 5) is 0. The molecule has 0 aliphatic carbocycles. The number of hydrogen-bond acceptors (Lipinski definition) is 2. The van der Waals surface area contributed by atoms with Gasteiger partial charge in [-0.1, -0.05) is 71.2 Å². The molecule has 0 saturated carbocycles. The molecule has 1 aromatic rings. The molecule has 0 aliphatic heterocycles. The Labute approximate surface area is 109 Å². The van der Waals surface area contributed by atoms with Crippen molar-refractivity contribution in [3.05, 3.63) is 42.0 Å². The van der Waals surface area contributed by atoms with Gasteiger partial charge in [0, 0.05) is 0 Å². The highest BCUT2D eigenvalue weighted by molar-refractivity contribution is 6.76. The summed E-state index contributed by atoms with van der Waals surface area (Å²) in [6.45, 7) is 0.196. The van der Waals surface area contributed by atoms with Crippen molar-refractivity contribution < 1.29 is 4.74 Å². The molecule has 0 heterocycles. The molecule has 5 heteroatoms. The van der Waals surface area contributed by atoms with Gasteiger partial charge in [0.05, 0.1) is 0 Å². The lowest BCUT2D eigenvalue weighted by Gasteiger charge is -2.11. The zero-order valence-electron chi connectivity index (χ0n) is 8.29. The van der Waals surface area contributed by atoms with Crippen LogP contribution in [0.4, 0.5) is 0 Å². The average molecular weight is 279 g/mol. The van der Waals surface area contributed by atoms with Crippen molar-refractivity contribution in [2.75, 3.05) is 6.61 Å². The highest BCUT2D eigenvalue weighted by atomic mass is 35.6. The summed E-state index contributed by atoms with van der Waals surface area (Å²) in [5.41, 5.74) is 1.05. The Kier molecular flexibility index (Phi) is 5.13. The first kappa shape index (κ1) is 13.4. The van der Waals surface area contributed by atoms with E-state index < -0.39 is 3.79 Å². The fourth-order valence-corrected chi connectivity index (χ4v) is 1.13. The molecule has 1 rings (SSSR count). The van der Waals surface area contributed by atoms with E-state index in [0.29, 0.717) is 0 Å². The first-order valence-corrected chi connectivity index (χ1v) is 5.63. The van der Waals surface area contributed by atoms with Gasteiger partial charge in [0.2, 0.25) is 5.90 Å². The zero-order chi connectivity index (χ0) is 12.0. The largest absolute Gasteiger partial charge is 0.474 e. The number of rotatable bonds is 3. The third kappa shape index (κ3) is 4.88. The molecule has 0 spiro atoms. The maximum atomic E-state index is 7.27. The Hall–Kier alpha value is -0.700. The van der Waals surface area contributed by atoms with E-state index in [1.54, 1.807) is 6.08 Å². The highest BCUT2D eigenvalue weighted by Gasteiger charge is 2.28. The fourth-order valence-electron chi connectivity index (χ4n) is 0.962. The van der Waals surface area contributed by atoms with Crippen molar-refractivity contribution in [3.63, 3.8) is 0 Å². The Balaban J connectivity index is 2.37. The van der Waals surface area contributed by atoms with Crippen LogP contribution in [-0.2, 0) is 4.74 Å². The van der Waals surface area contributed by atoms with Crippen LogP contribution in [0.3, 0.4) is 0 Å². The predicted octanol–water partition coefficient (Wildman–Crippen LogP) is 4.06. The topological polar surface area (TPSA) is 33.1 Å². The minimum absolute atomic E-state index is 0.196. The van der Waals surface area contributed by atoms with Gasteiger partial charge < -0.3 is 4.74 Å². The maximum absolute atomic E-state index is 7.27. The van der Waals surface area contributed by atoms with Crippen LogP contribution in [0, 0.1) is 5.41 Å². The first-order chi connectivity index (χ1) is 7.50. The van der Waals surface area contributed by atoms with Gasteiger partial charge in [-0.15, -0.1) is 0 Å². The van der Waals surface area contributed by atoms with Gasteiger partial charge >= 0.3 is 0 Å². The number of benzene rings is 1. The molecule has 0 aromatic heterocycles. The summed E-state index contributed by atoms with van der Waals surface area (Å²) >= 11 is 16.3. The summed E-state index contributed by atoms with van der Waals surface area (Å²) in [6.07, 6.45) is 3.62. The third-order valence-corrected chi connectivity index (χ3v) is 2.21. The number of nitrogens with one attached hydrogen (secondary N) is 1. The van der Waals surface area contributed by atoms with Gasteiger partial charge in [-0.2, -0.15) is 0 Å². The summed E-state index contributed by atoms with van der Waals surface area (Å²) < 4.78 is 3.14. The molecule has 1 N–H and O–H groups in total. The predicted molar refractivity (Wildman–Crippen MR) is 69.4 cm³/mol. The second kappa shape index (κ2) is 6.14. The van der Waals surface area contributed by atoms with Crippen molar-refractivity contribution in [1.82, 2.24) is 0 Å². The van der Waals surface area contributed by atoms with Crippen LogP contribution in [0.15, 0.2) is 36.4 Å². The second-order valence-electron chi connectivity index (χ2n) is 2.95. The second-order valence-corrected chi connectivity index (χ2v) is 5.23. The van der Waals surface area contributed by atoms with Gasteiger partial charge in [-0.25, -0.2) is 0 Å². The SMILES string of the molecule is N=C(OCC=Cc1ccccc1)C(Cl)(Cl)Cl. The summed E-state index contributed by atoms with van der Waals surface area (Å²) in [5.74, 6) is -0.379. The first-order valence-electron chi connectivity index (χ1n) is 4.50. The molecule has 0 saturated heterocycles. The quantitative estimate of drug-likeness (QED) is 0.505. The molecule has 2 nitrogen and oxygen atoms in total. The minimum Gasteiger partial charge on any atom is -0.474 e. The lowest BCUT2D eigenvalue weighted by molar-refractivity contribution is 0.341. The third-order valence-electron chi connectivity index (χ3n) is 1.69. The summed E-state index contributed by atoms with van der Waals surface area (Å²) in [5, 5.41) is 7.27. The maximum Gasteiger partial charge on any atom is 0.265 e. The van der Waals surface area contributed by atoms with E-state index in [1.165, 1.54) is 0 Å². The van der Waals surface area contributed by atoms with E-state index in [4.69, 9.17) is 44.9 Å². The van der Waals surface area contributed by atoms with Crippen LogP contribution in [-0.4, -0.2) is 16.3 Å². The standard InChI is InChI=1S/C11H10Cl3NO/c12-11(13,14)10(15)16-8-4-7-9-5-2-1-3-6-9/h1-7,15H,8H2. The zero-order valence-corrected chi connectivity index (χ0v) is 10.6. The smallest absolute Gasteiger partial charge is 0.265 e. The number of ether oxygens (including phenoxy) is 1. The van der Waals surface area contributed by atoms with Crippen LogP contribution in [0.2, 0.25) is 0 Å². The van der Waals surface area contributed by atoms with Gasteiger partial charge in [0.15, 0.2) is 0 Å². The van der Waals surface area contributed by atoms with Crippen LogP contribution >= 0.6 is 34.8 Å². The summed E-state index contributed by atoms with van der Waals surface area (Å²) in [7, 11) is 0. The lowest BCUT2D eigenvalue weighted by Crippen LogP contribution is -2.21. The molecule has 0 unspecified atom stereocenters. The average Bonchev–Trinajstić information content (AvgIpc) is 2.24.